The van der Waals surface area contributed by atoms with Crippen molar-refractivity contribution in [3.05, 3.63) is 64.6 Å². The number of nitrogens with one attached hydrogen (secondary N) is 1. The van der Waals surface area contributed by atoms with Crippen LogP contribution in [0.25, 0.3) is 21.9 Å². The van der Waals surface area contributed by atoms with Gasteiger partial charge in [-0.25, -0.2) is 4.72 Å². The Kier molecular flexibility index (Phi) is 4.98. The van der Waals surface area contributed by atoms with Crippen LogP contribution in [0, 0.1) is 0 Å². The largest absolute Gasteiger partial charge is 0.760 e. The summed E-state index contributed by atoms with van der Waals surface area (Å²) in [6.07, 6.45) is 1.79. The van der Waals surface area contributed by atoms with Crippen molar-refractivity contribution in [2.75, 3.05) is 7.11 Å². The van der Waals surface area contributed by atoms with Gasteiger partial charge >= 0.3 is 0 Å². The van der Waals surface area contributed by atoms with E-state index in [2.05, 4.69) is 4.72 Å². The predicted octanol–water partition coefficient (Wildman–Crippen LogP) is 2.10. The highest BCUT2D eigenvalue weighted by Crippen LogP contribution is 2.30. The maximum Gasteiger partial charge on any atom is 0.258 e. The molecule has 0 aliphatic heterocycles. The van der Waals surface area contributed by atoms with Crippen LogP contribution in [-0.4, -0.2) is 20.4 Å². The lowest BCUT2D eigenvalue weighted by Crippen LogP contribution is -2.17. The molecule has 3 aromatic rings. The number of methoxy groups -OCH3 is 1. The smallest absolute Gasteiger partial charge is 0.258 e. The quantitative estimate of drug-likeness (QED) is 0.709. The average Bonchev–Trinajstić information content (AvgIpc) is 2.62. The Bertz CT molecular complexity index is 1010. The lowest BCUT2D eigenvalue weighted by Gasteiger charge is -2.14. The maximum absolute atomic E-state index is 12.3. The Hall–Kier alpha value is -2.48. The predicted molar refractivity (Wildman–Crippen MR) is 96.9 cm³/mol. The van der Waals surface area contributed by atoms with Crippen molar-refractivity contribution < 1.29 is 13.5 Å². The van der Waals surface area contributed by atoms with Crippen LogP contribution in [0.1, 0.15) is 5.56 Å². The summed E-state index contributed by atoms with van der Waals surface area (Å²) < 4.78 is 30.8. The van der Waals surface area contributed by atoms with Gasteiger partial charge in [0.25, 0.3) is 5.56 Å². The Balaban J connectivity index is 2.18. The molecule has 0 fully saturated rings. The molecule has 0 saturated heterocycles. The number of hydrogen-bond acceptors (Lipinski definition) is 4. The number of benzene rings is 2. The molecule has 3 rings (SSSR count). The topological polar surface area (TPSA) is 83.4 Å². The molecular formula is C18H17N2O4S-. The molecule has 0 aliphatic rings. The second kappa shape index (κ2) is 7.18. The number of pyridine rings is 1. The van der Waals surface area contributed by atoms with Crippen LogP contribution in [0.3, 0.4) is 0 Å². The third-order valence-corrected chi connectivity index (χ3v) is 4.44. The highest BCUT2D eigenvalue weighted by molar-refractivity contribution is 7.77. The van der Waals surface area contributed by atoms with Crippen LogP contribution in [-0.2, 0) is 24.9 Å². The van der Waals surface area contributed by atoms with Gasteiger partial charge in [0.15, 0.2) is 0 Å². The first-order chi connectivity index (χ1) is 12.0. The molecule has 25 heavy (non-hydrogen) atoms. The molecule has 0 saturated carbocycles. The van der Waals surface area contributed by atoms with Gasteiger partial charge in [-0.2, -0.15) is 0 Å². The van der Waals surface area contributed by atoms with Gasteiger partial charge < -0.3 is 13.9 Å². The molecule has 1 aromatic heterocycles. The van der Waals surface area contributed by atoms with Gasteiger partial charge in [-0.15, -0.1) is 0 Å². The van der Waals surface area contributed by atoms with E-state index in [1.807, 2.05) is 30.3 Å². The van der Waals surface area contributed by atoms with Crippen molar-refractivity contribution in [3.63, 3.8) is 0 Å². The molecule has 1 unspecified atom stereocenters. The molecule has 0 radical (unpaired) electrons. The van der Waals surface area contributed by atoms with Crippen LogP contribution in [0.5, 0.6) is 5.75 Å². The molecule has 0 spiro atoms. The summed E-state index contributed by atoms with van der Waals surface area (Å²) in [5, 5.41) is 1.49. The van der Waals surface area contributed by atoms with Crippen LogP contribution in [0.2, 0.25) is 0 Å². The number of hydrogen-bond donors (Lipinski definition) is 1. The first kappa shape index (κ1) is 17.3. The molecule has 6 nitrogen and oxygen atoms in total. The van der Waals surface area contributed by atoms with Crippen molar-refractivity contribution in [3.8, 4) is 16.9 Å². The molecule has 1 atom stereocenters. The zero-order chi connectivity index (χ0) is 18.0. The summed E-state index contributed by atoms with van der Waals surface area (Å²) in [4.78, 5) is 12.3. The molecule has 1 N–H and O–H groups in total. The minimum Gasteiger partial charge on any atom is -0.760 e. The highest BCUT2D eigenvalue weighted by atomic mass is 32.2. The van der Waals surface area contributed by atoms with E-state index in [1.165, 1.54) is 7.11 Å². The fourth-order valence-corrected chi connectivity index (χ4v) is 3.14. The fraction of sp³-hybridized carbons (Fsp3) is 0.167. The Morgan fingerprint density at radius 3 is 2.60 bits per heavy atom. The lowest BCUT2D eigenvalue weighted by molar-refractivity contribution is 0.409. The minimum atomic E-state index is -2.36. The van der Waals surface area contributed by atoms with Gasteiger partial charge in [-0.3, -0.25) is 9.00 Å². The monoisotopic (exact) mass is 357 g/mol. The van der Waals surface area contributed by atoms with Gasteiger partial charge in [-0.1, -0.05) is 24.3 Å². The molecule has 0 amide bonds. The van der Waals surface area contributed by atoms with Crippen molar-refractivity contribution in [2.45, 2.75) is 6.54 Å². The van der Waals surface area contributed by atoms with Crippen LogP contribution in [0.4, 0.5) is 0 Å². The van der Waals surface area contributed by atoms with E-state index < -0.39 is 11.3 Å². The molecule has 130 valence electrons. The van der Waals surface area contributed by atoms with Crippen molar-refractivity contribution in [2.24, 2.45) is 7.05 Å². The molecular weight excluding hydrogens is 340 g/mol. The number of rotatable bonds is 5. The second-order valence-corrected chi connectivity index (χ2v) is 6.34. The summed E-state index contributed by atoms with van der Waals surface area (Å²) in [7, 11) is 3.25. The SMILES string of the molecule is COc1ccc(-c2cn(C)c(=O)c3ccccc23)cc1CNS(=O)[O-]. The zero-order valence-electron chi connectivity index (χ0n) is 13.8. The molecule has 1 heterocycles. The van der Waals surface area contributed by atoms with E-state index in [1.54, 1.807) is 29.9 Å². The number of nitrogens with zero attached hydrogens (tertiary/aromatic N) is 1. The third-order valence-electron chi connectivity index (χ3n) is 4.06. The zero-order valence-corrected chi connectivity index (χ0v) is 14.6. The second-order valence-electron chi connectivity index (χ2n) is 5.59. The summed E-state index contributed by atoms with van der Waals surface area (Å²) in [5.74, 6) is 0.593. The van der Waals surface area contributed by atoms with E-state index in [9.17, 15) is 13.6 Å². The summed E-state index contributed by atoms with van der Waals surface area (Å²) in [6, 6.07) is 13.0. The lowest BCUT2D eigenvalue weighted by atomic mass is 9.98. The number of aryl methyl sites for hydroxylation is 1. The molecule has 2 aromatic carbocycles. The normalized spacial score (nSPS) is 12.3. The van der Waals surface area contributed by atoms with E-state index in [-0.39, 0.29) is 12.1 Å². The van der Waals surface area contributed by atoms with Gasteiger partial charge in [0, 0.05) is 47.6 Å². The molecule has 0 aliphatic carbocycles. The van der Waals surface area contributed by atoms with Crippen LogP contribution < -0.4 is 15.0 Å². The first-order valence-electron chi connectivity index (χ1n) is 7.59. The van der Waals surface area contributed by atoms with E-state index >= 15 is 0 Å². The van der Waals surface area contributed by atoms with E-state index in [4.69, 9.17) is 4.74 Å². The van der Waals surface area contributed by atoms with Crippen molar-refractivity contribution in [1.82, 2.24) is 9.29 Å². The van der Waals surface area contributed by atoms with Gasteiger partial charge in [0.05, 0.1) is 7.11 Å². The number of ether oxygens (including phenoxy) is 1. The Morgan fingerprint density at radius 2 is 1.92 bits per heavy atom. The van der Waals surface area contributed by atoms with Crippen LogP contribution in [0.15, 0.2) is 53.5 Å². The maximum atomic E-state index is 12.3. The summed E-state index contributed by atoms with van der Waals surface area (Å²) in [5.41, 5.74) is 2.42. The van der Waals surface area contributed by atoms with Gasteiger partial charge in [0.1, 0.15) is 5.75 Å². The van der Waals surface area contributed by atoms with Gasteiger partial charge in [-0.05, 0) is 29.1 Å². The number of aromatic nitrogens is 1. The fourth-order valence-electron chi connectivity index (χ4n) is 2.87. The molecule has 0 bridgehead atoms. The minimum absolute atomic E-state index is 0.0588. The number of fused-ring (bicyclic) bond motifs is 1. The van der Waals surface area contributed by atoms with Crippen molar-refractivity contribution >= 4 is 22.0 Å². The summed E-state index contributed by atoms with van der Waals surface area (Å²) >= 11 is -2.36. The van der Waals surface area contributed by atoms with Crippen molar-refractivity contribution in [1.29, 1.82) is 0 Å². The Morgan fingerprint density at radius 1 is 1.20 bits per heavy atom. The summed E-state index contributed by atoms with van der Waals surface area (Å²) in [6.45, 7) is 0.122. The Labute approximate surface area is 147 Å². The third kappa shape index (κ3) is 3.48. The van der Waals surface area contributed by atoms with Gasteiger partial charge in [0.2, 0.25) is 0 Å². The van der Waals surface area contributed by atoms with E-state index in [0.717, 1.165) is 16.5 Å². The standard InChI is InChI=1S/C18H18N2O4S/c1-20-11-16(14-5-3-4-6-15(14)18(20)21)12-7-8-17(24-2)13(9-12)10-19-25(22)23/h3-9,11,19H,10H2,1-2H3,(H,22,23)/p-1. The average molecular weight is 357 g/mol. The van der Waals surface area contributed by atoms with Crippen LogP contribution >= 0.6 is 0 Å². The molecule has 7 heteroatoms. The van der Waals surface area contributed by atoms with E-state index in [0.29, 0.717) is 16.7 Å². The highest BCUT2D eigenvalue weighted by Gasteiger charge is 2.11. The first-order valence-corrected chi connectivity index (χ1v) is 8.67.